The quantitative estimate of drug-likeness (QED) is 0.799. The number of carboxylic acid groups (broad SMARTS) is 1. The molecule has 0 aliphatic carbocycles. The highest BCUT2D eigenvalue weighted by Gasteiger charge is 2.20. The molecule has 2 rings (SSSR count). The number of rotatable bonds is 7. The Morgan fingerprint density at radius 1 is 1.16 bits per heavy atom. The van der Waals surface area contributed by atoms with Gasteiger partial charge in [0, 0.05) is 5.69 Å². The number of aliphatic carboxylic acids is 1. The molecule has 0 radical (unpaired) electrons. The Morgan fingerprint density at radius 2 is 1.88 bits per heavy atom. The Bertz CT molecular complexity index is 757. The summed E-state index contributed by atoms with van der Waals surface area (Å²) in [6, 6.07) is 14.4. The molecule has 5 nitrogen and oxygen atoms in total. The summed E-state index contributed by atoms with van der Waals surface area (Å²) in [6.07, 6.45) is -0.104. The van der Waals surface area contributed by atoms with Gasteiger partial charge in [0.1, 0.15) is 5.75 Å². The van der Waals surface area contributed by atoms with Gasteiger partial charge in [0.25, 0.3) is 5.91 Å². The SMILES string of the molecule is CCC(Oc1ccccc1C)C(=O)Nc1cccc(C(C)C(=O)O)c1. The van der Waals surface area contributed by atoms with Crippen molar-refractivity contribution in [2.75, 3.05) is 5.32 Å². The van der Waals surface area contributed by atoms with E-state index >= 15 is 0 Å². The molecule has 0 aliphatic heterocycles. The molecular formula is C20H23NO4. The average molecular weight is 341 g/mol. The van der Waals surface area contributed by atoms with Crippen molar-refractivity contribution in [3.8, 4) is 5.75 Å². The lowest BCUT2D eigenvalue weighted by Crippen LogP contribution is -2.32. The van der Waals surface area contributed by atoms with E-state index in [2.05, 4.69) is 5.32 Å². The van der Waals surface area contributed by atoms with E-state index in [1.54, 1.807) is 31.2 Å². The lowest BCUT2D eigenvalue weighted by molar-refractivity contribution is -0.138. The van der Waals surface area contributed by atoms with E-state index in [9.17, 15) is 9.59 Å². The third-order valence-electron chi connectivity index (χ3n) is 4.05. The smallest absolute Gasteiger partial charge is 0.310 e. The average Bonchev–Trinajstić information content (AvgIpc) is 2.60. The van der Waals surface area contributed by atoms with Crippen LogP contribution >= 0.6 is 0 Å². The highest BCUT2D eigenvalue weighted by atomic mass is 16.5. The fourth-order valence-corrected chi connectivity index (χ4v) is 2.42. The lowest BCUT2D eigenvalue weighted by atomic mass is 10.0. The summed E-state index contributed by atoms with van der Waals surface area (Å²) in [5.74, 6) is -1.12. The van der Waals surface area contributed by atoms with Crippen LogP contribution < -0.4 is 10.1 Å². The van der Waals surface area contributed by atoms with Crippen LogP contribution in [-0.4, -0.2) is 23.1 Å². The second-order valence-corrected chi connectivity index (χ2v) is 5.95. The molecule has 0 saturated heterocycles. The zero-order valence-electron chi connectivity index (χ0n) is 14.7. The number of carbonyl (C=O) groups is 2. The largest absolute Gasteiger partial charge is 0.481 e. The van der Waals surface area contributed by atoms with Gasteiger partial charge < -0.3 is 15.2 Å². The number of nitrogens with one attached hydrogen (secondary N) is 1. The van der Waals surface area contributed by atoms with Gasteiger partial charge in [-0.25, -0.2) is 0 Å². The molecule has 2 atom stereocenters. The van der Waals surface area contributed by atoms with Gasteiger partial charge >= 0.3 is 5.97 Å². The molecule has 0 aromatic heterocycles. The van der Waals surface area contributed by atoms with Gasteiger partial charge in [-0.1, -0.05) is 37.3 Å². The maximum absolute atomic E-state index is 12.5. The molecule has 25 heavy (non-hydrogen) atoms. The number of para-hydroxylation sites is 1. The van der Waals surface area contributed by atoms with Crippen LogP contribution in [-0.2, 0) is 9.59 Å². The highest BCUT2D eigenvalue weighted by molar-refractivity contribution is 5.94. The Hall–Kier alpha value is -2.82. The second kappa shape index (κ2) is 8.33. The third kappa shape index (κ3) is 4.83. The minimum absolute atomic E-state index is 0.258. The van der Waals surface area contributed by atoms with Gasteiger partial charge in [-0.05, 0) is 49.6 Å². The first kappa shape index (κ1) is 18.5. The monoisotopic (exact) mass is 341 g/mol. The molecule has 2 unspecified atom stereocenters. The molecule has 1 amide bonds. The Morgan fingerprint density at radius 3 is 2.52 bits per heavy atom. The van der Waals surface area contributed by atoms with E-state index in [1.165, 1.54) is 0 Å². The standard InChI is InChI=1S/C20H23NO4/c1-4-17(25-18-11-6-5-8-13(18)2)19(22)21-16-10-7-9-15(12-16)14(3)20(23)24/h5-12,14,17H,4H2,1-3H3,(H,21,22)(H,23,24). The molecule has 0 saturated carbocycles. The maximum Gasteiger partial charge on any atom is 0.310 e. The van der Waals surface area contributed by atoms with Gasteiger partial charge in [-0.15, -0.1) is 0 Å². The molecule has 0 aliphatic rings. The number of amides is 1. The molecule has 5 heteroatoms. The molecule has 0 heterocycles. The van der Waals surface area contributed by atoms with Crippen molar-refractivity contribution in [2.45, 2.75) is 39.2 Å². The van der Waals surface area contributed by atoms with Crippen LogP contribution in [0.1, 0.15) is 37.3 Å². The number of carbonyl (C=O) groups excluding carboxylic acids is 1. The summed E-state index contributed by atoms with van der Waals surface area (Å²) in [5, 5.41) is 11.9. The van der Waals surface area contributed by atoms with E-state index < -0.39 is 18.0 Å². The van der Waals surface area contributed by atoms with Crippen LogP contribution in [0.25, 0.3) is 0 Å². The summed E-state index contributed by atoms with van der Waals surface area (Å²) >= 11 is 0. The van der Waals surface area contributed by atoms with Crippen molar-refractivity contribution in [2.24, 2.45) is 0 Å². The first-order chi connectivity index (χ1) is 11.9. The van der Waals surface area contributed by atoms with Crippen molar-refractivity contribution in [3.05, 3.63) is 59.7 Å². The predicted octanol–water partition coefficient (Wildman–Crippen LogP) is 3.98. The lowest BCUT2D eigenvalue weighted by Gasteiger charge is -2.19. The van der Waals surface area contributed by atoms with Crippen molar-refractivity contribution in [3.63, 3.8) is 0 Å². The van der Waals surface area contributed by atoms with Crippen LogP contribution in [0, 0.1) is 6.92 Å². The van der Waals surface area contributed by atoms with Gasteiger partial charge in [0.15, 0.2) is 6.10 Å². The van der Waals surface area contributed by atoms with Gasteiger partial charge in [-0.2, -0.15) is 0 Å². The number of anilines is 1. The fourth-order valence-electron chi connectivity index (χ4n) is 2.42. The van der Waals surface area contributed by atoms with Crippen LogP contribution in [0.5, 0.6) is 5.75 Å². The topological polar surface area (TPSA) is 75.6 Å². The summed E-state index contributed by atoms with van der Waals surface area (Å²) in [7, 11) is 0. The molecule has 132 valence electrons. The molecule has 2 aromatic carbocycles. The summed E-state index contributed by atoms with van der Waals surface area (Å²) < 4.78 is 5.84. The minimum Gasteiger partial charge on any atom is -0.481 e. The number of benzene rings is 2. The van der Waals surface area contributed by atoms with Gasteiger partial charge in [0.05, 0.1) is 5.92 Å². The summed E-state index contributed by atoms with van der Waals surface area (Å²) in [5.41, 5.74) is 2.16. The van der Waals surface area contributed by atoms with Crippen LogP contribution in [0.2, 0.25) is 0 Å². The van der Waals surface area contributed by atoms with Crippen molar-refractivity contribution >= 4 is 17.6 Å². The highest BCUT2D eigenvalue weighted by Crippen LogP contribution is 2.22. The van der Waals surface area contributed by atoms with Crippen LogP contribution in [0.3, 0.4) is 0 Å². The molecule has 0 spiro atoms. The molecular weight excluding hydrogens is 318 g/mol. The van der Waals surface area contributed by atoms with E-state index in [1.807, 2.05) is 38.1 Å². The summed E-state index contributed by atoms with van der Waals surface area (Å²) in [6.45, 7) is 5.42. The fraction of sp³-hybridized carbons (Fsp3) is 0.300. The Kier molecular flexibility index (Phi) is 6.17. The number of hydrogen-bond donors (Lipinski definition) is 2. The van der Waals surface area contributed by atoms with Gasteiger partial charge in [0.2, 0.25) is 0 Å². The summed E-state index contributed by atoms with van der Waals surface area (Å²) in [4.78, 5) is 23.6. The predicted molar refractivity (Wildman–Crippen MR) is 97.0 cm³/mol. The van der Waals surface area contributed by atoms with E-state index in [4.69, 9.17) is 9.84 Å². The zero-order chi connectivity index (χ0) is 18.4. The molecule has 2 aromatic rings. The molecule has 2 N–H and O–H groups in total. The Balaban J connectivity index is 2.10. The molecule has 0 fully saturated rings. The Labute approximate surface area is 147 Å². The van der Waals surface area contributed by atoms with E-state index in [-0.39, 0.29) is 5.91 Å². The minimum atomic E-state index is -0.905. The number of ether oxygens (including phenoxy) is 1. The van der Waals surface area contributed by atoms with Crippen molar-refractivity contribution in [1.82, 2.24) is 0 Å². The van der Waals surface area contributed by atoms with Crippen molar-refractivity contribution < 1.29 is 19.4 Å². The zero-order valence-corrected chi connectivity index (χ0v) is 14.7. The van der Waals surface area contributed by atoms with Crippen LogP contribution in [0.4, 0.5) is 5.69 Å². The van der Waals surface area contributed by atoms with E-state index in [0.29, 0.717) is 23.4 Å². The number of carboxylic acids is 1. The first-order valence-corrected chi connectivity index (χ1v) is 8.28. The van der Waals surface area contributed by atoms with Gasteiger partial charge in [-0.3, -0.25) is 9.59 Å². The van der Waals surface area contributed by atoms with Crippen LogP contribution in [0.15, 0.2) is 48.5 Å². The second-order valence-electron chi connectivity index (χ2n) is 5.95. The van der Waals surface area contributed by atoms with Crippen molar-refractivity contribution in [1.29, 1.82) is 0 Å². The maximum atomic E-state index is 12.5. The van der Waals surface area contributed by atoms with E-state index in [0.717, 1.165) is 5.56 Å². The molecule has 0 bridgehead atoms. The third-order valence-corrected chi connectivity index (χ3v) is 4.05. The number of hydrogen-bond acceptors (Lipinski definition) is 3. The normalized spacial score (nSPS) is 12.9. The first-order valence-electron chi connectivity index (χ1n) is 8.28. The number of aryl methyl sites for hydroxylation is 1.